The van der Waals surface area contributed by atoms with Crippen LogP contribution in [0, 0.1) is 12.8 Å². The van der Waals surface area contributed by atoms with Crippen molar-refractivity contribution in [1.29, 1.82) is 0 Å². The van der Waals surface area contributed by atoms with E-state index < -0.39 is 0 Å². The number of methoxy groups -OCH3 is 2. The molecule has 0 spiro atoms. The lowest BCUT2D eigenvalue weighted by Crippen LogP contribution is -2.48. The molecule has 1 aromatic heterocycles. The second-order valence-electron chi connectivity index (χ2n) is 5.89. The van der Waals surface area contributed by atoms with Crippen molar-refractivity contribution in [1.82, 2.24) is 9.97 Å². The first-order chi connectivity index (χ1) is 11.1. The van der Waals surface area contributed by atoms with Crippen LogP contribution in [0.4, 0.5) is 5.82 Å². The van der Waals surface area contributed by atoms with Crippen LogP contribution in [0.15, 0.2) is 29.1 Å². The SMILES string of the molecule is COc1cc(CC2CN(c3cc(=O)[nH]c(C)n3)C2)cc(OC)c1. The summed E-state index contributed by atoms with van der Waals surface area (Å²) in [5, 5.41) is 0. The Bertz CT molecular complexity index is 729. The molecule has 1 aromatic carbocycles. The van der Waals surface area contributed by atoms with E-state index in [0.717, 1.165) is 36.8 Å². The number of anilines is 1. The number of aromatic amines is 1. The molecule has 3 rings (SSSR count). The topological polar surface area (TPSA) is 67.5 Å². The Morgan fingerprint density at radius 1 is 1.17 bits per heavy atom. The largest absolute Gasteiger partial charge is 0.497 e. The first-order valence-corrected chi connectivity index (χ1v) is 7.62. The fourth-order valence-corrected chi connectivity index (χ4v) is 2.93. The molecule has 2 heterocycles. The van der Waals surface area contributed by atoms with Crippen molar-refractivity contribution in [3.05, 3.63) is 46.0 Å². The summed E-state index contributed by atoms with van der Waals surface area (Å²) in [5.41, 5.74) is 1.09. The van der Waals surface area contributed by atoms with E-state index in [4.69, 9.17) is 9.47 Å². The third kappa shape index (κ3) is 3.47. The van der Waals surface area contributed by atoms with Crippen LogP contribution in [-0.2, 0) is 6.42 Å². The summed E-state index contributed by atoms with van der Waals surface area (Å²) in [6, 6.07) is 7.51. The van der Waals surface area contributed by atoms with Gasteiger partial charge in [0.2, 0.25) is 0 Å². The summed E-state index contributed by atoms with van der Waals surface area (Å²) in [6.45, 7) is 3.59. The number of hydrogen-bond donors (Lipinski definition) is 1. The lowest BCUT2D eigenvalue weighted by Gasteiger charge is -2.40. The lowest BCUT2D eigenvalue weighted by atomic mass is 9.92. The van der Waals surface area contributed by atoms with Gasteiger partial charge in [0.05, 0.1) is 14.2 Å². The molecule has 0 bridgehead atoms. The Labute approximate surface area is 135 Å². The van der Waals surface area contributed by atoms with Gasteiger partial charge in [-0.05, 0) is 37.0 Å². The van der Waals surface area contributed by atoms with Crippen LogP contribution in [0.5, 0.6) is 11.5 Å². The molecule has 6 heteroatoms. The predicted octanol–water partition coefficient (Wildman–Crippen LogP) is 1.77. The van der Waals surface area contributed by atoms with Crippen molar-refractivity contribution < 1.29 is 9.47 Å². The van der Waals surface area contributed by atoms with E-state index in [0.29, 0.717) is 11.7 Å². The monoisotopic (exact) mass is 315 g/mol. The minimum absolute atomic E-state index is 0.103. The second kappa shape index (κ2) is 6.32. The van der Waals surface area contributed by atoms with Crippen LogP contribution < -0.4 is 19.9 Å². The van der Waals surface area contributed by atoms with E-state index in [1.54, 1.807) is 27.2 Å². The van der Waals surface area contributed by atoms with Crippen molar-refractivity contribution in [3.63, 3.8) is 0 Å². The number of nitrogens with zero attached hydrogens (tertiary/aromatic N) is 2. The zero-order valence-corrected chi connectivity index (χ0v) is 13.6. The number of aromatic nitrogens is 2. The van der Waals surface area contributed by atoms with E-state index >= 15 is 0 Å². The molecular formula is C17H21N3O3. The van der Waals surface area contributed by atoms with E-state index in [-0.39, 0.29) is 5.56 Å². The number of benzene rings is 1. The van der Waals surface area contributed by atoms with Crippen molar-refractivity contribution in [3.8, 4) is 11.5 Å². The lowest BCUT2D eigenvalue weighted by molar-refractivity contribution is 0.385. The highest BCUT2D eigenvalue weighted by atomic mass is 16.5. The third-order valence-corrected chi connectivity index (χ3v) is 4.06. The highest BCUT2D eigenvalue weighted by Gasteiger charge is 2.28. The molecule has 0 radical (unpaired) electrons. The van der Waals surface area contributed by atoms with Gasteiger partial charge in [0.25, 0.3) is 5.56 Å². The smallest absolute Gasteiger partial charge is 0.252 e. The van der Waals surface area contributed by atoms with E-state index in [1.165, 1.54) is 5.56 Å². The van der Waals surface area contributed by atoms with Crippen molar-refractivity contribution >= 4 is 5.82 Å². The maximum atomic E-state index is 11.5. The standard InChI is InChI=1S/C17H21N3O3/c1-11-18-16(8-17(21)19-11)20-9-13(10-20)4-12-5-14(22-2)7-15(6-12)23-3/h5-8,13H,4,9-10H2,1-3H3,(H,18,19,21). The Morgan fingerprint density at radius 3 is 2.39 bits per heavy atom. The van der Waals surface area contributed by atoms with Gasteiger partial charge in [-0.1, -0.05) is 0 Å². The van der Waals surface area contributed by atoms with Gasteiger partial charge in [0.15, 0.2) is 0 Å². The van der Waals surface area contributed by atoms with Crippen LogP contribution in [0.2, 0.25) is 0 Å². The fraction of sp³-hybridized carbons (Fsp3) is 0.412. The molecule has 0 amide bonds. The molecule has 0 saturated carbocycles. The molecular weight excluding hydrogens is 294 g/mol. The average molecular weight is 315 g/mol. The van der Waals surface area contributed by atoms with Gasteiger partial charge >= 0.3 is 0 Å². The Balaban J connectivity index is 1.65. The molecule has 1 saturated heterocycles. The maximum Gasteiger partial charge on any atom is 0.252 e. The fourth-order valence-electron chi connectivity index (χ4n) is 2.93. The van der Waals surface area contributed by atoms with Crippen LogP contribution in [-0.4, -0.2) is 37.3 Å². The highest BCUT2D eigenvalue weighted by molar-refractivity contribution is 5.42. The maximum absolute atomic E-state index is 11.5. The van der Waals surface area contributed by atoms with Crippen LogP contribution in [0.25, 0.3) is 0 Å². The van der Waals surface area contributed by atoms with E-state index in [1.807, 2.05) is 18.2 Å². The van der Waals surface area contributed by atoms with Crippen molar-refractivity contribution in [2.75, 3.05) is 32.2 Å². The summed E-state index contributed by atoms with van der Waals surface area (Å²) in [4.78, 5) is 20.7. The molecule has 0 unspecified atom stereocenters. The number of nitrogens with one attached hydrogen (secondary N) is 1. The predicted molar refractivity (Wildman–Crippen MR) is 88.5 cm³/mol. The minimum Gasteiger partial charge on any atom is -0.497 e. The van der Waals surface area contributed by atoms with Crippen LogP contribution in [0.1, 0.15) is 11.4 Å². The molecule has 1 aliphatic heterocycles. The van der Waals surface area contributed by atoms with E-state index in [2.05, 4.69) is 14.9 Å². The molecule has 6 nitrogen and oxygen atoms in total. The summed E-state index contributed by atoms with van der Waals surface area (Å²) in [6.07, 6.45) is 0.951. The molecule has 1 fully saturated rings. The molecule has 1 aliphatic rings. The first-order valence-electron chi connectivity index (χ1n) is 7.62. The van der Waals surface area contributed by atoms with Gasteiger partial charge in [0.1, 0.15) is 23.1 Å². The number of aryl methyl sites for hydroxylation is 1. The molecule has 0 atom stereocenters. The minimum atomic E-state index is -0.103. The third-order valence-electron chi connectivity index (χ3n) is 4.06. The quantitative estimate of drug-likeness (QED) is 0.911. The van der Waals surface area contributed by atoms with Gasteiger partial charge in [0, 0.05) is 25.2 Å². The van der Waals surface area contributed by atoms with Crippen LogP contribution >= 0.6 is 0 Å². The summed E-state index contributed by atoms with van der Waals surface area (Å²) < 4.78 is 10.6. The Hall–Kier alpha value is -2.50. The highest BCUT2D eigenvalue weighted by Crippen LogP contribution is 2.28. The molecule has 23 heavy (non-hydrogen) atoms. The number of hydrogen-bond acceptors (Lipinski definition) is 5. The van der Waals surface area contributed by atoms with Gasteiger partial charge in [-0.2, -0.15) is 0 Å². The Kier molecular flexibility index (Phi) is 4.23. The van der Waals surface area contributed by atoms with Gasteiger partial charge in [-0.15, -0.1) is 0 Å². The summed E-state index contributed by atoms with van der Waals surface area (Å²) in [7, 11) is 3.31. The molecule has 2 aromatic rings. The zero-order chi connectivity index (χ0) is 16.4. The molecule has 1 N–H and O–H groups in total. The Morgan fingerprint density at radius 2 is 1.83 bits per heavy atom. The second-order valence-corrected chi connectivity index (χ2v) is 5.89. The summed E-state index contributed by atoms with van der Waals surface area (Å²) in [5.74, 6) is 3.55. The van der Waals surface area contributed by atoms with Gasteiger partial charge < -0.3 is 19.4 Å². The summed E-state index contributed by atoms with van der Waals surface area (Å²) >= 11 is 0. The normalized spacial score (nSPS) is 14.5. The first kappa shape index (κ1) is 15.4. The number of rotatable bonds is 5. The van der Waals surface area contributed by atoms with Crippen LogP contribution in [0.3, 0.4) is 0 Å². The molecule has 122 valence electrons. The van der Waals surface area contributed by atoms with Crippen molar-refractivity contribution in [2.45, 2.75) is 13.3 Å². The number of ether oxygens (including phenoxy) is 2. The average Bonchev–Trinajstić information content (AvgIpc) is 2.49. The zero-order valence-electron chi connectivity index (χ0n) is 13.6. The van der Waals surface area contributed by atoms with E-state index in [9.17, 15) is 4.79 Å². The van der Waals surface area contributed by atoms with Gasteiger partial charge in [-0.3, -0.25) is 4.79 Å². The van der Waals surface area contributed by atoms with Crippen molar-refractivity contribution in [2.24, 2.45) is 5.92 Å². The number of H-pyrrole nitrogens is 1. The molecule has 0 aliphatic carbocycles. The van der Waals surface area contributed by atoms with Gasteiger partial charge in [-0.25, -0.2) is 4.98 Å².